The molecule has 6 heteroatoms. The fourth-order valence-electron chi connectivity index (χ4n) is 1.97. The second-order valence-electron chi connectivity index (χ2n) is 3.92. The second kappa shape index (κ2) is 3.31. The lowest BCUT2D eigenvalue weighted by molar-refractivity contribution is 0.756. The van der Waals surface area contributed by atoms with Gasteiger partial charge in [0.25, 0.3) is 0 Å². The van der Waals surface area contributed by atoms with Gasteiger partial charge in [-0.05, 0) is 19.1 Å². The fraction of sp³-hybridized carbons (Fsp3) is 0.182. The van der Waals surface area contributed by atoms with E-state index in [4.69, 9.17) is 5.73 Å². The van der Waals surface area contributed by atoms with Crippen LogP contribution in [0.1, 0.15) is 5.69 Å². The number of imidazole rings is 1. The van der Waals surface area contributed by atoms with Gasteiger partial charge in [0, 0.05) is 19.4 Å². The van der Waals surface area contributed by atoms with Gasteiger partial charge >= 0.3 is 0 Å². The molecule has 17 heavy (non-hydrogen) atoms. The van der Waals surface area contributed by atoms with Crippen molar-refractivity contribution in [3.63, 3.8) is 0 Å². The van der Waals surface area contributed by atoms with Crippen LogP contribution in [0.25, 0.3) is 16.9 Å². The van der Waals surface area contributed by atoms with E-state index in [0.717, 1.165) is 22.5 Å². The van der Waals surface area contributed by atoms with Gasteiger partial charge in [-0.1, -0.05) is 0 Å². The fourth-order valence-corrected chi connectivity index (χ4v) is 1.97. The first-order chi connectivity index (χ1) is 8.16. The lowest BCUT2D eigenvalue weighted by atomic mass is 10.4. The van der Waals surface area contributed by atoms with Crippen molar-refractivity contribution >= 4 is 17.1 Å². The van der Waals surface area contributed by atoms with E-state index >= 15 is 0 Å². The van der Waals surface area contributed by atoms with Crippen LogP contribution >= 0.6 is 0 Å². The number of hydrogen-bond donors (Lipinski definition) is 1. The minimum Gasteiger partial charge on any atom is -0.369 e. The van der Waals surface area contributed by atoms with Gasteiger partial charge in [0.15, 0.2) is 5.65 Å². The van der Waals surface area contributed by atoms with Gasteiger partial charge in [-0.2, -0.15) is 5.10 Å². The van der Waals surface area contributed by atoms with Gasteiger partial charge in [-0.3, -0.25) is 9.25 Å². The van der Waals surface area contributed by atoms with Crippen molar-refractivity contribution in [1.29, 1.82) is 0 Å². The molecular weight excluding hydrogens is 216 g/mol. The molecule has 0 spiro atoms. The molecule has 0 aliphatic carbocycles. The molecule has 0 saturated carbocycles. The third-order valence-corrected chi connectivity index (χ3v) is 2.67. The Morgan fingerprint density at radius 2 is 2.18 bits per heavy atom. The number of nitrogen functional groups attached to an aromatic ring is 1. The van der Waals surface area contributed by atoms with Crippen molar-refractivity contribution in [3.05, 3.63) is 30.2 Å². The Hall–Kier alpha value is -2.37. The molecule has 3 rings (SSSR count). The van der Waals surface area contributed by atoms with Gasteiger partial charge in [0.2, 0.25) is 5.95 Å². The normalized spacial score (nSPS) is 11.2. The van der Waals surface area contributed by atoms with Gasteiger partial charge in [0.05, 0.1) is 11.4 Å². The third kappa shape index (κ3) is 1.37. The van der Waals surface area contributed by atoms with Crippen LogP contribution in [-0.4, -0.2) is 24.3 Å². The minimum absolute atomic E-state index is 0.426. The summed E-state index contributed by atoms with van der Waals surface area (Å²) in [6.07, 6.45) is 3.63. The molecule has 3 aromatic heterocycles. The highest BCUT2D eigenvalue weighted by Gasteiger charge is 2.14. The number of anilines is 1. The molecule has 0 aliphatic rings. The van der Waals surface area contributed by atoms with Gasteiger partial charge in [-0.25, -0.2) is 9.97 Å². The molecule has 0 saturated heterocycles. The zero-order valence-corrected chi connectivity index (χ0v) is 9.62. The smallest absolute Gasteiger partial charge is 0.207 e. The first-order valence-corrected chi connectivity index (χ1v) is 5.26. The van der Waals surface area contributed by atoms with E-state index in [2.05, 4.69) is 15.1 Å². The van der Waals surface area contributed by atoms with Crippen molar-refractivity contribution in [2.24, 2.45) is 7.05 Å². The predicted octanol–water partition coefficient (Wildman–Crippen LogP) is 1.04. The van der Waals surface area contributed by atoms with Crippen LogP contribution in [0, 0.1) is 6.92 Å². The Bertz CT molecular complexity index is 693. The maximum atomic E-state index is 5.94. The highest BCUT2D eigenvalue weighted by molar-refractivity contribution is 5.76. The molecule has 0 atom stereocenters. The molecule has 3 aromatic rings. The van der Waals surface area contributed by atoms with E-state index in [0.29, 0.717) is 5.95 Å². The summed E-state index contributed by atoms with van der Waals surface area (Å²) in [5, 5.41) is 4.30. The standard InChI is InChI=1S/C11H12N6/c1-7-9(6-16(2)15-7)17-10-8(14-11(17)12)4-3-5-13-10/h3-6H,1-2H3,(H2,12,14). The maximum Gasteiger partial charge on any atom is 0.207 e. The van der Waals surface area contributed by atoms with Crippen LogP contribution < -0.4 is 5.73 Å². The molecule has 0 unspecified atom stereocenters. The lowest BCUT2D eigenvalue weighted by Crippen LogP contribution is -2.01. The first kappa shape index (κ1) is 9.83. The van der Waals surface area contributed by atoms with Gasteiger partial charge < -0.3 is 5.73 Å². The summed E-state index contributed by atoms with van der Waals surface area (Å²) in [5.74, 6) is 0.426. The van der Waals surface area contributed by atoms with Crippen molar-refractivity contribution in [2.45, 2.75) is 6.92 Å². The zero-order chi connectivity index (χ0) is 12.0. The Morgan fingerprint density at radius 1 is 1.35 bits per heavy atom. The predicted molar refractivity (Wildman–Crippen MR) is 64.8 cm³/mol. The second-order valence-corrected chi connectivity index (χ2v) is 3.92. The van der Waals surface area contributed by atoms with E-state index in [1.54, 1.807) is 10.9 Å². The van der Waals surface area contributed by atoms with Crippen LogP contribution in [0.5, 0.6) is 0 Å². The van der Waals surface area contributed by atoms with E-state index in [1.165, 1.54) is 0 Å². The van der Waals surface area contributed by atoms with Crippen LogP contribution in [0.3, 0.4) is 0 Å². The zero-order valence-electron chi connectivity index (χ0n) is 9.62. The minimum atomic E-state index is 0.426. The first-order valence-electron chi connectivity index (χ1n) is 5.26. The van der Waals surface area contributed by atoms with Crippen LogP contribution in [0.15, 0.2) is 24.5 Å². The van der Waals surface area contributed by atoms with Crippen LogP contribution in [0.2, 0.25) is 0 Å². The van der Waals surface area contributed by atoms with Crippen molar-refractivity contribution in [1.82, 2.24) is 24.3 Å². The monoisotopic (exact) mass is 228 g/mol. The van der Waals surface area contributed by atoms with E-state index < -0.39 is 0 Å². The molecule has 0 aliphatic heterocycles. The third-order valence-electron chi connectivity index (χ3n) is 2.67. The Kier molecular flexibility index (Phi) is 1.91. The van der Waals surface area contributed by atoms with Gasteiger partial charge in [-0.15, -0.1) is 0 Å². The number of aromatic nitrogens is 5. The number of nitrogens with two attached hydrogens (primary N) is 1. The maximum absolute atomic E-state index is 5.94. The Morgan fingerprint density at radius 3 is 2.88 bits per heavy atom. The van der Waals surface area contributed by atoms with Gasteiger partial charge in [0.1, 0.15) is 5.52 Å². The van der Waals surface area contributed by atoms with E-state index in [1.807, 2.05) is 36.9 Å². The summed E-state index contributed by atoms with van der Waals surface area (Å²) in [4.78, 5) is 8.59. The van der Waals surface area contributed by atoms with Crippen LogP contribution in [-0.2, 0) is 7.05 Å². The average molecular weight is 228 g/mol. The Labute approximate surface area is 97.7 Å². The number of nitrogens with zero attached hydrogens (tertiary/aromatic N) is 5. The molecule has 0 amide bonds. The summed E-state index contributed by atoms with van der Waals surface area (Å²) in [6, 6.07) is 3.73. The largest absolute Gasteiger partial charge is 0.369 e. The summed E-state index contributed by atoms with van der Waals surface area (Å²) in [7, 11) is 1.87. The molecule has 2 N–H and O–H groups in total. The summed E-state index contributed by atoms with van der Waals surface area (Å²) < 4.78 is 3.57. The highest BCUT2D eigenvalue weighted by atomic mass is 15.3. The number of hydrogen-bond acceptors (Lipinski definition) is 4. The molecular formula is C11H12N6. The molecule has 0 fully saturated rings. The summed E-state index contributed by atoms with van der Waals surface area (Å²) in [6.45, 7) is 1.93. The number of rotatable bonds is 1. The number of aryl methyl sites for hydroxylation is 2. The van der Waals surface area contributed by atoms with Crippen molar-refractivity contribution in [3.8, 4) is 5.69 Å². The van der Waals surface area contributed by atoms with E-state index in [-0.39, 0.29) is 0 Å². The Balaban J connectivity index is 2.37. The highest BCUT2D eigenvalue weighted by Crippen LogP contribution is 2.22. The molecule has 0 aromatic carbocycles. The molecule has 0 radical (unpaired) electrons. The molecule has 3 heterocycles. The number of fused-ring (bicyclic) bond motifs is 1. The quantitative estimate of drug-likeness (QED) is 0.675. The van der Waals surface area contributed by atoms with Crippen LogP contribution in [0.4, 0.5) is 5.95 Å². The topological polar surface area (TPSA) is 74.5 Å². The summed E-state index contributed by atoms with van der Waals surface area (Å²) in [5.41, 5.74) is 9.28. The van der Waals surface area contributed by atoms with E-state index in [9.17, 15) is 0 Å². The molecule has 86 valence electrons. The van der Waals surface area contributed by atoms with Crippen molar-refractivity contribution in [2.75, 3.05) is 5.73 Å². The number of pyridine rings is 1. The average Bonchev–Trinajstić information content (AvgIpc) is 2.77. The summed E-state index contributed by atoms with van der Waals surface area (Å²) >= 11 is 0. The molecule has 6 nitrogen and oxygen atoms in total. The lowest BCUT2D eigenvalue weighted by Gasteiger charge is -2.02. The van der Waals surface area contributed by atoms with Crippen molar-refractivity contribution < 1.29 is 0 Å². The molecule has 0 bridgehead atoms. The SMILES string of the molecule is Cc1nn(C)cc1-n1c(N)nc2cccnc21.